The molecule has 0 unspecified atom stereocenters. The zero-order valence-corrected chi connectivity index (χ0v) is 15.7. The van der Waals surface area contributed by atoms with Crippen LogP contribution in [0, 0.1) is 0 Å². The van der Waals surface area contributed by atoms with Crippen molar-refractivity contribution in [3.63, 3.8) is 0 Å². The molecule has 0 N–H and O–H groups in total. The van der Waals surface area contributed by atoms with E-state index in [0.717, 1.165) is 11.0 Å². The van der Waals surface area contributed by atoms with Gasteiger partial charge in [0.1, 0.15) is 0 Å². The first-order chi connectivity index (χ1) is 12.5. The Morgan fingerprint density at radius 3 is 2.46 bits per heavy atom. The van der Waals surface area contributed by atoms with Gasteiger partial charge in [-0.3, -0.25) is 18.7 Å². The highest BCUT2D eigenvalue weighted by Gasteiger charge is 2.19. The van der Waals surface area contributed by atoms with Crippen molar-refractivity contribution in [3.05, 3.63) is 56.7 Å². The quantitative estimate of drug-likeness (QED) is 0.487. The summed E-state index contributed by atoms with van der Waals surface area (Å²) >= 11 is 1.28. The fourth-order valence-corrected chi connectivity index (χ4v) is 3.72. The van der Waals surface area contributed by atoms with Crippen molar-refractivity contribution in [2.75, 3.05) is 5.75 Å². The Morgan fingerprint density at radius 1 is 1.12 bits per heavy atom. The van der Waals surface area contributed by atoms with E-state index in [1.165, 1.54) is 23.4 Å². The number of hydrogen-bond donors (Lipinski definition) is 0. The van der Waals surface area contributed by atoms with Crippen molar-refractivity contribution in [3.8, 4) is 0 Å². The van der Waals surface area contributed by atoms with Crippen molar-refractivity contribution in [1.82, 2.24) is 18.7 Å². The van der Waals surface area contributed by atoms with E-state index in [-0.39, 0.29) is 17.1 Å². The third-order valence-electron chi connectivity index (χ3n) is 4.19. The Kier molecular flexibility index (Phi) is 5.13. The highest BCUT2D eigenvalue weighted by Crippen LogP contribution is 2.23. The van der Waals surface area contributed by atoms with Crippen LogP contribution in [0.5, 0.6) is 0 Å². The third-order valence-corrected chi connectivity index (χ3v) is 5.16. The van der Waals surface area contributed by atoms with Crippen LogP contribution in [0.4, 0.5) is 0 Å². The van der Waals surface area contributed by atoms with E-state index in [9.17, 15) is 14.4 Å². The molecule has 0 atom stereocenters. The largest absolute Gasteiger partial charge is 0.332 e. The topological polar surface area (TPSA) is 78.9 Å². The van der Waals surface area contributed by atoms with Gasteiger partial charge in [0.2, 0.25) is 0 Å². The van der Waals surface area contributed by atoms with Crippen molar-refractivity contribution in [2.45, 2.75) is 25.0 Å². The highest BCUT2D eigenvalue weighted by molar-refractivity contribution is 7.99. The molecule has 1 aromatic carbocycles. The van der Waals surface area contributed by atoms with E-state index < -0.39 is 5.69 Å². The summed E-state index contributed by atoms with van der Waals surface area (Å²) in [6.07, 6.45) is 0.803. The molecule has 0 bridgehead atoms. The fraction of sp³-hybridized carbons (Fsp3) is 0.333. The lowest BCUT2D eigenvalue weighted by Gasteiger charge is -2.07. The average molecular weight is 372 g/mol. The van der Waals surface area contributed by atoms with Gasteiger partial charge in [0, 0.05) is 26.2 Å². The first-order valence-electron chi connectivity index (χ1n) is 8.33. The Labute approximate surface area is 154 Å². The molecule has 0 radical (unpaired) electrons. The van der Waals surface area contributed by atoms with Crippen LogP contribution < -0.4 is 11.2 Å². The van der Waals surface area contributed by atoms with E-state index in [1.807, 2.05) is 25.1 Å². The number of rotatable bonds is 6. The third kappa shape index (κ3) is 3.12. The van der Waals surface area contributed by atoms with Gasteiger partial charge in [0.05, 0.1) is 5.75 Å². The summed E-state index contributed by atoms with van der Waals surface area (Å²) in [6, 6.07) is 9.06. The number of aromatic nitrogens is 4. The molecule has 8 heteroatoms. The Balaban J connectivity index is 2.03. The molecule has 136 valence electrons. The number of Topliss-reactive ketones (excluding diaryl/α,β-unsaturated/α-hetero) is 1. The van der Waals surface area contributed by atoms with Crippen molar-refractivity contribution in [2.24, 2.45) is 14.1 Å². The van der Waals surface area contributed by atoms with Gasteiger partial charge < -0.3 is 4.57 Å². The normalized spacial score (nSPS) is 11.2. The van der Waals surface area contributed by atoms with Gasteiger partial charge in [0.15, 0.2) is 22.1 Å². The molecule has 3 rings (SSSR count). The molecule has 3 aromatic rings. The Morgan fingerprint density at radius 2 is 1.81 bits per heavy atom. The van der Waals surface area contributed by atoms with Crippen molar-refractivity contribution < 1.29 is 4.79 Å². The van der Waals surface area contributed by atoms with Crippen LogP contribution in [0.2, 0.25) is 0 Å². The van der Waals surface area contributed by atoms with Crippen LogP contribution in [-0.4, -0.2) is 30.2 Å². The average Bonchev–Trinajstić information content (AvgIpc) is 3.02. The number of imidazole rings is 1. The molecule has 0 aliphatic heterocycles. The molecule has 0 aliphatic carbocycles. The van der Waals surface area contributed by atoms with Crippen LogP contribution in [0.15, 0.2) is 45.1 Å². The zero-order valence-electron chi connectivity index (χ0n) is 14.9. The molecule has 0 fully saturated rings. The minimum absolute atomic E-state index is 0.00695. The number of hydrogen-bond acceptors (Lipinski definition) is 5. The number of ketones is 1. The summed E-state index contributed by atoms with van der Waals surface area (Å²) < 4.78 is 4.26. The van der Waals surface area contributed by atoms with Crippen LogP contribution in [-0.2, 0) is 20.6 Å². The van der Waals surface area contributed by atoms with Crippen LogP contribution in [0.1, 0.15) is 23.7 Å². The van der Waals surface area contributed by atoms with Gasteiger partial charge in [-0.25, -0.2) is 9.78 Å². The highest BCUT2D eigenvalue weighted by atomic mass is 32.2. The predicted octanol–water partition coefficient (Wildman–Crippen LogP) is 1.82. The van der Waals surface area contributed by atoms with Crippen LogP contribution in [0.25, 0.3) is 11.2 Å². The molecule has 0 saturated heterocycles. The monoisotopic (exact) mass is 372 g/mol. The SMILES string of the molecule is CCCn1c(SCC(=O)c2ccccc2)nc2c1c(=O)n(C)c(=O)n2C. The number of carbonyl (C=O) groups is 1. The van der Waals surface area contributed by atoms with Gasteiger partial charge in [-0.1, -0.05) is 49.0 Å². The molecule has 7 nitrogen and oxygen atoms in total. The second-order valence-corrected chi connectivity index (χ2v) is 6.94. The van der Waals surface area contributed by atoms with Crippen LogP contribution in [0.3, 0.4) is 0 Å². The maximum absolute atomic E-state index is 12.6. The number of thioether (sulfide) groups is 1. The maximum Gasteiger partial charge on any atom is 0.332 e. The molecular weight excluding hydrogens is 352 g/mol. The lowest BCUT2D eigenvalue weighted by Crippen LogP contribution is -2.37. The number of fused-ring (bicyclic) bond motifs is 1. The number of nitrogens with zero attached hydrogens (tertiary/aromatic N) is 4. The number of aryl methyl sites for hydroxylation is 2. The molecule has 26 heavy (non-hydrogen) atoms. The van der Waals surface area contributed by atoms with Crippen molar-refractivity contribution >= 4 is 28.7 Å². The molecule has 0 spiro atoms. The van der Waals surface area contributed by atoms with E-state index >= 15 is 0 Å². The fourth-order valence-electron chi connectivity index (χ4n) is 2.81. The second-order valence-electron chi connectivity index (χ2n) is 6.00. The van der Waals surface area contributed by atoms with E-state index in [4.69, 9.17) is 0 Å². The summed E-state index contributed by atoms with van der Waals surface area (Å²) in [6.45, 7) is 2.59. The van der Waals surface area contributed by atoms with Crippen LogP contribution >= 0.6 is 11.8 Å². The summed E-state index contributed by atoms with van der Waals surface area (Å²) in [5.41, 5.74) is 0.597. The first kappa shape index (κ1) is 18.2. The first-order valence-corrected chi connectivity index (χ1v) is 9.31. The van der Waals surface area contributed by atoms with Gasteiger partial charge >= 0.3 is 5.69 Å². The smallest absolute Gasteiger partial charge is 0.313 e. The van der Waals surface area contributed by atoms with E-state index in [1.54, 1.807) is 23.7 Å². The maximum atomic E-state index is 12.6. The van der Waals surface area contributed by atoms with E-state index in [2.05, 4.69) is 4.98 Å². The Hall–Kier alpha value is -2.61. The lowest BCUT2D eigenvalue weighted by molar-refractivity contribution is 0.102. The predicted molar refractivity (Wildman–Crippen MR) is 102 cm³/mol. The minimum Gasteiger partial charge on any atom is -0.313 e. The molecule has 2 aromatic heterocycles. The number of benzene rings is 1. The molecular formula is C18H20N4O3S. The molecule has 0 saturated carbocycles. The second kappa shape index (κ2) is 7.33. The Bertz CT molecular complexity index is 1080. The van der Waals surface area contributed by atoms with Gasteiger partial charge in [0.25, 0.3) is 5.56 Å². The van der Waals surface area contributed by atoms with Gasteiger partial charge in [-0.05, 0) is 6.42 Å². The summed E-state index contributed by atoms with van der Waals surface area (Å²) in [4.78, 5) is 41.6. The van der Waals surface area contributed by atoms with Gasteiger partial charge in [-0.2, -0.15) is 0 Å². The zero-order chi connectivity index (χ0) is 18.8. The molecule has 0 aliphatic rings. The standard InChI is InChI=1S/C18H20N4O3S/c1-4-10-22-14-15(20(2)18(25)21(3)16(14)24)19-17(22)26-11-13(23)12-8-6-5-7-9-12/h5-9H,4,10-11H2,1-3H3. The molecule has 2 heterocycles. The summed E-state index contributed by atoms with van der Waals surface area (Å²) in [5, 5.41) is 0.574. The number of carbonyl (C=O) groups excluding carboxylic acids is 1. The van der Waals surface area contributed by atoms with E-state index in [0.29, 0.717) is 28.4 Å². The van der Waals surface area contributed by atoms with Gasteiger partial charge in [-0.15, -0.1) is 0 Å². The summed E-state index contributed by atoms with van der Waals surface area (Å²) in [7, 11) is 3.05. The molecule has 0 amide bonds. The minimum atomic E-state index is -0.416. The van der Waals surface area contributed by atoms with Crippen molar-refractivity contribution in [1.29, 1.82) is 0 Å². The lowest BCUT2D eigenvalue weighted by atomic mass is 10.2. The summed E-state index contributed by atoms with van der Waals surface area (Å²) in [5.74, 6) is 0.207.